The van der Waals surface area contributed by atoms with Gasteiger partial charge in [0, 0.05) is 17.2 Å². The van der Waals surface area contributed by atoms with Gasteiger partial charge in [-0.15, -0.1) is 0 Å². The Kier molecular flexibility index (Phi) is 4.70. The molecule has 0 aliphatic rings. The number of hydrogen-bond donors (Lipinski definition) is 1. The van der Waals surface area contributed by atoms with Gasteiger partial charge in [0.25, 0.3) is 0 Å². The van der Waals surface area contributed by atoms with E-state index in [1.165, 1.54) is 0 Å². The zero-order valence-electron chi connectivity index (χ0n) is 9.69. The van der Waals surface area contributed by atoms with E-state index in [0.717, 1.165) is 19.1 Å². The number of hydrogen-bond acceptors (Lipinski definition) is 2. The summed E-state index contributed by atoms with van der Waals surface area (Å²) in [6.07, 6.45) is 2.43. The lowest BCUT2D eigenvalue weighted by Gasteiger charge is -2.12. The predicted molar refractivity (Wildman–Crippen MR) is 64.5 cm³/mol. The average molecular weight is 219 g/mol. The summed E-state index contributed by atoms with van der Waals surface area (Å²) in [4.78, 5) is 22.4. The van der Waals surface area contributed by atoms with Crippen LogP contribution < -0.4 is 5.32 Å². The number of amides is 1. The van der Waals surface area contributed by atoms with E-state index in [0.29, 0.717) is 11.3 Å². The molecule has 0 aromatic heterocycles. The molecule has 0 aliphatic heterocycles. The van der Waals surface area contributed by atoms with Gasteiger partial charge in [-0.25, -0.2) is 0 Å². The fourth-order valence-electron chi connectivity index (χ4n) is 1.59. The van der Waals surface area contributed by atoms with Crippen LogP contribution in [0, 0.1) is 5.92 Å². The molecule has 3 nitrogen and oxygen atoms in total. The Balaban J connectivity index is 2.72. The highest BCUT2D eigenvalue weighted by Crippen LogP contribution is 2.14. The summed E-state index contributed by atoms with van der Waals surface area (Å²) in [5, 5.41) is 2.82. The molecule has 0 saturated carbocycles. The molecule has 0 fully saturated rings. The van der Waals surface area contributed by atoms with Crippen LogP contribution in [0.2, 0.25) is 0 Å². The summed E-state index contributed by atoms with van der Waals surface area (Å²) in [7, 11) is 0. The van der Waals surface area contributed by atoms with Crippen molar-refractivity contribution < 1.29 is 9.59 Å². The van der Waals surface area contributed by atoms with E-state index in [1.807, 2.05) is 13.8 Å². The second-order valence-electron chi connectivity index (χ2n) is 3.75. The van der Waals surface area contributed by atoms with Gasteiger partial charge in [-0.2, -0.15) is 0 Å². The lowest BCUT2D eigenvalue weighted by atomic mass is 10.0. The fourth-order valence-corrected chi connectivity index (χ4v) is 1.59. The Morgan fingerprint density at radius 3 is 2.62 bits per heavy atom. The largest absolute Gasteiger partial charge is 0.326 e. The van der Waals surface area contributed by atoms with Crippen LogP contribution in [0.4, 0.5) is 5.69 Å². The summed E-state index contributed by atoms with van der Waals surface area (Å²) < 4.78 is 0. The van der Waals surface area contributed by atoms with Gasteiger partial charge in [0.15, 0.2) is 0 Å². The molecule has 0 radical (unpaired) electrons. The highest BCUT2D eigenvalue weighted by atomic mass is 16.1. The summed E-state index contributed by atoms with van der Waals surface area (Å²) >= 11 is 0. The van der Waals surface area contributed by atoms with Crippen molar-refractivity contribution in [3.8, 4) is 0 Å². The molecular formula is C13H17NO2. The third-order valence-corrected chi connectivity index (χ3v) is 2.65. The van der Waals surface area contributed by atoms with Gasteiger partial charge in [0.2, 0.25) is 5.91 Å². The second-order valence-corrected chi connectivity index (χ2v) is 3.75. The van der Waals surface area contributed by atoms with Crippen molar-refractivity contribution in [2.45, 2.75) is 26.7 Å². The normalized spacial score (nSPS) is 10.2. The average Bonchev–Trinajstić information content (AvgIpc) is 2.31. The number of benzene rings is 1. The molecule has 86 valence electrons. The van der Waals surface area contributed by atoms with Crippen molar-refractivity contribution in [1.29, 1.82) is 0 Å². The zero-order chi connectivity index (χ0) is 12.0. The molecule has 3 heteroatoms. The SMILES string of the molecule is CCC(CC)C(=O)Nc1cccc(C=O)c1. The molecule has 16 heavy (non-hydrogen) atoms. The van der Waals surface area contributed by atoms with Crippen molar-refractivity contribution in [1.82, 2.24) is 0 Å². The molecule has 0 unspecified atom stereocenters. The van der Waals surface area contributed by atoms with Crippen molar-refractivity contribution in [3.05, 3.63) is 29.8 Å². The van der Waals surface area contributed by atoms with Crippen LogP contribution in [0.15, 0.2) is 24.3 Å². The number of aldehydes is 1. The number of anilines is 1. The van der Waals surface area contributed by atoms with Crippen molar-refractivity contribution in [2.75, 3.05) is 5.32 Å². The first-order valence-electron chi connectivity index (χ1n) is 5.57. The summed E-state index contributed by atoms with van der Waals surface area (Å²) in [5.41, 5.74) is 1.25. The van der Waals surface area contributed by atoms with Gasteiger partial charge in [-0.3, -0.25) is 9.59 Å². The van der Waals surface area contributed by atoms with Crippen LogP contribution in [0.5, 0.6) is 0 Å². The van der Waals surface area contributed by atoms with E-state index in [2.05, 4.69) is 5.32 Å². The van der Waals surface area contributed by atoms with E-state index in [-0.39, 0.29) is 11.8 Å². The zero-order valence-corrected chi connectivity index (χ0v) is 9.69. The van der Waals surface area contributed by atoms with Crippen molar-refractivity contribution in [3.63, 3.8) is 0 Å². The topological polar surface area (TPSA) is 46.2 Å². The predicted octanol–water partition coefficient (Wildman–Crippen LogP) is 2.87. The molecule has 0 spiro atoms. The van der Waals surface area contributed by atoms with Crippen LogP contribution >= 0.6 is 0 Å². The van der Waals surface area contributed by atoms with Gasteiger partial charge < -0.3 is 5.32 Å². The number of nitrogens with one attached hydrogen (secondary N) is 1. The highest BCUT2D eigenvalue weighted by Gasteiger charge is 2.13. The minimum atomic E-state index is 0.0213. The lowest BCUT2D eigenvalue weighted by Crippen LogP contribution is -2.21. The third-order valence-electron chi connectivity index (χ3n) is 2.65. The monoisotopic (exact) mass is 219 g/mol. The Morgan fingerprint density at radius 2 is 2.06 bits per heavy atom. The van der Waals surface area contributed by atoms with Crippen LogP contribution in [-0.2, 0) is 4.79 Å². The van der Waals surface area contributed by atoms with Gasteiger partial charge in [-0.05, 0) is 25.0 Å². The second kappa shape index (κ2) is 6.05. The minimum Gasteiger partial charge on any atom is -0.326 e. The summed E-state index contributed by atoms with van der Waals surface area (Å²) in [6, 6.07) is 6.92. The Labute approximate surface area is 95.9 Å². The molecule has 0 saturated heterocycles. The quantitative estimate of drug-likeness (QED) is 0.774. The van der Waals surface area contributed by atoms with E-state index in [9.17, 15) is 9.59 Å². The Bertz CT molecular complexity index is 370. The molecule has 1 amide bonds. The Morgan fingerprint density at radius 1 is 1.38 bits per heavy atom. The maximum atomic E-state index is 11.8. The van der Waals surface area contributed by atoms with Crippen LogP contribution in [0.25, 0.3) is 0 Å². The van der Waals surface area contributed by atoms with Gasteiger partial charge in [-0.1, -0.05) is 26.0 Å². The third kappa shape index (κ3) is 3.19. The maximum Gasteiger partial charge on any atom is 0.227 e. The molecular weight excluding hydrogens is 202 g/mol. The first-order chi connectivity index (χ1) is 7.71. The van der Waals surface area contributed by atoms with Gasteiger partial charge in [0.1, 0.15) is 6.29 Å². The van der Waals surface area contributed by atoms with E-state index >= 15 is 0 Å². The molecule has 1 N–H and O–H groups in total. The molecule has 0 aliphatic carbocycles. The summed E-state index contributed by atoms with van der Waals surface area (Å²) in [5.74, 6) is 0.0629. The lowest BCUT2D eigenvalue weighted by molar-refractivity contribution is -0.120. The van der Waals surface area contributed by atoms with E-state index < -0.39 is 0 Å². The molecule has 1 rings (SSSR count). The number of carbonyl (C=O) groups excluding carboxylic acids is 2. The van der Waals surface area contributed by atoms with Crippen LogP contribution in [0.1, 0.15) is 37.0 Å². The van der Waals surface area contributed by atoms with Crippen LogP contribution in [0.3, 0.4) is 0 Å². The van der Waals surface area contributed by atoms with Crippen molar-refractivity contribution in [2.24, 2.45) is 5.92 Å². The van der Waals surface area contributed by atoms with Crippen LogP contribution in [-0.4, -0.2) is 12.2 Å². The molecule has 0 bridgehead atoms. The van der Waals surface area contributed by atoms with E-state index in [4.69, 9.17) is 0 Å². The highest BCUT2D eigenvalue weighted by molar-refractivity contribution is 5.93. The van der Waals surface area contributed by atoms with E-state index in [1.54, 1.807) is 24.3 Å². The van der Waals surface area contributed by atoms with Crippen molar-refractivity contribution >= 4 is 17.9 Å². The Hall–Kier alpha value is -1.64. The molecule has 1 aromatic carbocycles. The first-order valence-corrected chi connectivity index (χ1v) is 5.57. The molecule has 0 atom stereocenters. The van der Waals surface area contributed by atoms with Gasteiger partial charge in [0.05, 0.1) is 0 Å². The first kappa shape index (κ1) is 12.4. The molecule has 0 heterocycles. The summed E-state index contributed by atoms with van der Waals surface area (Å²) in [6.45, 7) is 3.99. The standard InChI is InChI=1S/C13H17NO2/c1-3-11(4-2)13(16)14-12-7-5-6-10(8-12)9-15/h5-9,11H,3-4H2,1-2H3,(H,14,16). The smallest absolute Gasteiger partial charge is 0.227 e. The maximum absolute atomic E-state index is 11.8. The number of carbonyl (C=O) groups is 2. The van der Waals surface area contributed by atoms with Gasteiger partial charge >= 0.3 is 0 Å². The fraction of sp³-hybridized carbons (Fsp3) is 0.385. The minimum absolute atomic E-state index is 0.0213. The number of rotatable bonds is 5. The molecule has 1 aromatic rings.